The number of allylic oxidation sites excluding steroid dienone is 4. The molecule has 0 aromatic rings. The van der Waals surface area contributed by atoms with Gasteiger partial charge in [-0.1, -0.05) is 50.0 Å². The zero-order valence-electron chi connectivity index (χ0n) is 15.6. The lowest BCUT2D eigenvalue weighted by Crippen LogP contribution is -2.46. The molecule has 3 fully saturated rings. The Kier molecular flexibility index (Phi) is 4.23. The third kappa shape index (κ3) is 2.56. The van der Waals surface area contributed by atoms with E-state index >= 15 is 0 Å². The Balaban J connectivity index is 1.53. The van der Waals surface area contributed by atoms with Crippen molar-refractivity contribution in [3.63, 3.8) is 0 Å². The molecule has 23 heavy (non-hydrogen) atoms. The van der Waals surface area contributed by atoms with Crippen molar-refractivity contribution >= 4 is 0 Å². The van der Waals surface area contributed by atoms with E-state index in [0.29, 0.717) is 5.41 Å². The van der Waals surface area contributed by atoms with Crippen LogP contribution in [-0.2, 0) is 0 Å². The van der Waals surface area contributed by atoms with Gasteiger partial charge in [0.2, 0.25) is 0 Å². The molecule has 0 aromatic carbocycles. The lowest BCUT2D eigenvalue weighted by atomic mass is 9.51. The Bertz CT molecular complexity index is 510. The molecule has 128 valence electrons. The van der Waals surface area contributed by atoms with Crippen LogP contribution in [-0.4, -0.2) is 0 Å². The van der Waals surface area contributed by atoms with Gasteiger partial charge in [0, 0.05) is 0 Å². The first kappa shape index (κ1) is 16.0. The summed E-state index contributed by atoms with van der Waals surface area (Å²) in [7, 11) is 0. The molecule has 0 spiro atoms. The fraction of sp³-hybridized carbons (Fsp3) is 0.826. The van der Waals surface area contributed by atoms with E-state index in [1.165, 1.54) is 63.4 Å². The van der Waals surface area contributed by atoms with E-state index in [9.17, 15) is 0 Å². The van der Waals surface area contributed by atoms with Crippen LogP contribution in [0.15, 0.2) is 23.3 Å². The second kappa shape index (κ2) is 6.08. The standard InChI is InChI=1S/C23H36/c1-4-5-6-18-9-12-22-21-11-8-17-15-16(2)7-10-19(17)20(21)13-14-23(18,22)3/h7,15,18-22H,4-6,8-14H2,1-3H3/t18-,19?,20?,21?,22?,23?/m0/s1. The Morgan fingerprint density at radius 3 is 2.83 bits per heavy atom. The van der Waals surface area contributed by atoms with Gasteiger partial charge in [0.25, 0.3) is 0 Å². The molecular weight excluding hydrogens is 276 g/mol. The van der Waals surface area contributed by atoms with Gasteiger partial charge >= 0.3 is 0 Å². The highest BCUT2D eigenvalue weighted by atomic mass is 14.6. The molecule has 4 aliphatic rings. The van der Waals surface area contributed by atoms with Crippen molar-refractivity contribution in [2.24, 2.45) is 35.0 Å². The largest absolute Gasteiger partial charge is 0.0810 e. The van der Waals surface area contributed by atoms with Crippen molar-refractivity contribution in [3.8, 4) is 0 Å². The third-order valence-corrected chi connectivity index (χ3v) is 8.46. The summed E-state index contributed by atoms with van der Waals surface area (Å²) in [6, 6.07) is 0. The van der Waals surface area contributed by atoms with Gasteiger partial charge in [-0.15, -0.1) is 0 Å². The van der Waals surface area contributed by atoms with Crippen LogP contribution in [0.3, 0.4) is 0 Å². The molecule has 4 aliphatic carbocycles. The molecule has 0 amide bonds. The predicted octanol–water partition coefficient (Wildman–Crippen LogP) is 6.92. The zero-order chi connectivity index (χ0) is 16.0. The minimum atomic E-state index is 0.692. The average molecular weight is 313 g/mol. The maximum absolute atomic E-state index is 2.69. The molecule has 0 N–H and O–H groups in total. The summed E-state index contributed by atoms with van der Waals surface area (Å²) >= 11 is 0. The Morgan fingerprint density at radius 2 is 2.00 bits per heavy atom. The summed E-state index contributed by atoms with van der Waals surface area (Å²) < 4.78 is 0. The molecule has 0 saturated heterocycles. The van der Waals surface area contributed by atoms with E-state index in [2.05, 4.69) is 32.9 Å². The van der Waals surface area contributed by atoms with Crippen LogP contribution in [0, 0.1) is 35.0 Å². The van der Waals surface area contributed by atoms with Gasteiger partial charge in [-0.05, 0) is 93.3 Å². The highest BCUT2D eigenvalue weighted by Gasteiger charge is 2.55. The Labute approximate surface area is 143 Å². The molecule has 6 atom stereocenters. The van der Waals surface area contributed by atoms with Crippen molar-refractivity contribution in [2.75, 3.05) is 0 Å². The van der Waals surface area contributed by atoms with E-state index in [1.54, 1.807) is 6.42 Å². The summed E-state index contributed by atoms with van der Waals surface area (Å²) in [5, 5.41) is 0. The minimum Gasteiger partial charge on any atom is -0.0810 e. The van der Waals surface area contributed by atoms with E-state index in [4.69, 9.17) is 0 Å². The maximum atomic E-state index is 2.69. The summed E-state index contributed by atoms with van der Waals surface area (Å²) in [6.45, 7) is 7.35. The van der Waals surface area contributed by atoms with Crippen molar-refractivity contribution in [2.45, 2.75) is 85.0 Å². The molecule has 4 rings (SSSR count). The summed E-state index contributed by atoms with van der Waals surface area (Å²) in [6.07, 6.45) is 19.8. The van der Waals surface area contributed by atoms with Gasteiger partial charge in [-0.2, -0.15) is 0 Å². The molecule has 0 nitrogen and oxygen atoms in total. The second-order valence-corrected chi connectivity index (χ2v) is 9.44. The third-order valence-electron chi connectivity index (χ3n) is 8.46. The Morgan fingerprint density at radius 1 is 1.13 bits per heavy atom. The maximum Gasteiger partial charge on any atom is -0.0134 e. The number of unbranched alkanes of at least 4 members (excludes halogenated alkanes) is 1. The molecular formula is C23H36. The predicted molar refractivity (Wildman–Crippen MR) is 99.2 cm³/mol. The molecule has 0 aliphatic heterocycles. The first-order valence-corrected chi connectivity index (χ1v) is 10.5. The Hall–Kier alpha value is -0.520. The first-order chi connectivity index (χ1) is 11.1. The fourth-order valence-corrected chi connectivity index (χ4v) is 7.23. The number of hydrogen-bond acceptors (Lipinski definition) is 0. The number of fused-ring (bicyclic) bond motifs is 5. The smallest absolute Gasteiger partial charge is 0.0134 e. The fourth-order valence-electron chi connectivity index (χ4n) is 7.23. The van der Waals surface area contributed by atoms with E-state index < -0.39 is 0 Å². The summed E-state index contributed by atoms with van der Waals surface area (Å²) in [4.78, 5) is 0. The molecule has 0 aromatic heterocycles. The van der Waals surface area contributed by atoms with Crippen molar-refractivity contribution in [1.82, 2.24) is 0 Å². The number of rotatable bonds is 3. The highest BCUT2D eigenvalue weighted by Crippen LogP contribution is 2.64. The van der Waals surface area contributed by atoms with Gasteiger partial charge in [0.1, 0.15) is 0 Å². The van der Waals surface area contributed by atoms with Crippen molar-refractivity contribution < 1.29 is 0 Å². The molecule has 5 unspecified atom stereocenters. The molecule has 3 saturated carbocycles. The number of hydrogen-bond donors (Lipinski definition) is 0. The quantitative estimate of drug-likeness (QED) is 0.530. The van der Waals surface area contributed by atoms with Gasteiger partial charge in [0.05, 0.1) is 0 Å². The van der Waals surface area contributed by atoms with Crippen LogP contribution in [0.1, 0.15) is 85.0 Å². The lowest BCUT2D eigenvalue weighted by molar-refractivity contribution is -0.0206. The van der Waals surface area contributed by atoms with Crippen LogP contribution < -0.4 is 0 Å². The van der Waals surface area contributed by atoms with Gasteiger partial charge in [0.15, 0.2) is 0 Å². The molecule has 0 radical (unpaired) electrons. The molecule has 0 heterocycles. The van der Waals surface area contributed by atoms with Gasteiger partial charge in [-0.25, -0.2) is 0 Å². The van der Waals surface area contributed by atoms with Crippen LogP contribution >= 0.6 is 0 Å². The SMILES string of the molecule is CCCC[C@H]1CCC2C3CCC4=CC(C)=CCC4C3CCC21C. The van der Waals surface area contributed by atoms with Crippen LogP contribution in [0.5, 0.6) is 0 Å². The van der Waals surface area contributed by atoms with E-state index in [1.807, 2.05) is 5.57 Å². The first-order valence-electron chi connectivity index (χ1n) is 10.5. The van der Waals surface area contributed by atoms with Crippen molar-refractivity contribution in [3.05, 3.63) is 23.3 Å². The van der Waals surface area contributed by atoms with E-state index in [0.717, 1.165) is 29.6 Å². The van der Waals surface area contributed by atoms with Crippen LogP contribution in [0.4, 0.5) is 0 Å². The van der Waals surface area contributed by atoms with Crippen LogP contribution in [0.2, 0.25) is 0 Å². The van der Waals surface area contributed by atoms with Crippen molar-refractivity contribution in [1.29, 1.82) is 0 Å². The molecule has 0 heteroatoms. The normalized spacial score (nSPS) is 45.6. The summed E-state index contributed by atoms with van der Waals surface area (Å²) in [5.41, 5.74) is 4.03. The van der Waals surface area contributed by atoms with E-state index in [-0.39, 0.29) is 0 Å². The summed E-state index contributed by atoms with van der Waals surface area (Å²) in [5.74, 6) is 5.07. The molecule has 0 bridgehead atoms. The second-order valence-electron chi connectivity index (χ2n) is 9.44. The lowest BCUT2D eigenvalue weighted by Gasteiger charge is -2.54. The topological polar surface area (TPSA) is 0 Å². The van der Waals surface area contributed by atoms with Crippen LogP contribution in [0.25, 0.3) is 0 Å². The monoisotopic (exact) mass is 312 g/mol. The minimum absolute atomic E-state index is 0.692. The van der Waals surface area contributed by atoms with Gasteiger partial charge in [-0.3, -0.25) is 0 Å². The van der Waals surface area contributed by atoms with Gasteiger partial charge < -0.3 is 0 Å². The average Bonchev–Trinajstić information content (AvgIpc) is 2.89. The highest BCUT2D eigenvalue weighted by molar-refractivity contribution is 5.31. The zero-order valence-corrected chi connectivity index (χ0v) is 15.6.